The van der Waals surface area contributed by atoms with Gasteiger partial charge in [0, 0.05) is 5.22 Å². The van der Waals surface area contributed by atoms with Gasteiger partial charge in [-0.1, -0.05) is 30.3 Å². The molecule has 0 saturated carbocycles. The van der Waals surface area contributed by atoms with E-state index in [0.29, 0.717) is 6.54 Å². The smallest absolute Gasteiger partial charge is 0.0793 e. The highest BCUT2D eigenvalue weighted by Crippen LogP contribution is 1.82. The SMILES string of the molecule is C1=c2ccccc2=CN=NC1. The first-order valence-electron chi connectivity index (χ1n) is 3.59. The molecule has 1 aliphatic heterocycles. The number of hydrogen-bond donors (Lipinski definition) is 0. The van der Waals surface area contributed by atoms with Gasteiger partial charge in [-0.25, -0.2) is 0 Å². The Morgan fingerprint density at radius 2 is 1.91 bits per heavy atom. The van der Waals surface area contributed by atoms with Crippen molar-refractivity contribution >= 4 is 12.3 Å². The number of rotatable bonds is 0. The van der Waals surface area contributed by atoms with Crippen molar-refractivity contribution in [1.82, 2.24) is 0 Å². The monoisotopic (exact) mass is 144 g/mol. The predicted molar refractivity (Wildman–Crippen MR) is 44.3 cm³/mol. The summed E-state index contributed by atoms with van der Waals surface area (Å²) in [5, 5.41) is 10.1. The summed E-state index contributed by atoms with van der Waals surface area (Å²) in [6.07, 6.45) is 3.86. The molecule has 0 saturated heterocycles. The van der Waals surface area contributed by atoms with E-state index in [1.54, 1.807) is 6.20 Å². The molecule has 0 bridgehead atoms. The van der Waals surface area contributed by atoms with Gasteiger partial charge in [0.1, 0.15) is 0 Å². The Balaban J connectivity index is 2.81. The Labute approximate surface area is 64.6 Å². The van der Waals surface area contributed by atoms with Crippen LogP contribution < -0.4 is 10.4 Å². The van der Waals surface area contributed by atoms with E-state index in [4.69, 9.17) is 0 Å². The third kappa shape index (κ3) is 1.19. The molecule has 1 heterocycles. The van der Waals surface area contributed by atoms with Gasteiger partial charge in [-0.05, 0) is 5.22 Å². The van der Waals surface area contributed by atoms with Gasteiger partial charge in [-0.15, -0.1) is 0 Å². The molecule has 0 aliphatic carbocycles. The van der Waals surface area contributed by atoms with Crippen molar-refractivity contribution in [2.24, 2.45) is 10.2 Å². The van der Waals surface area contributed by atoms with E-state index in [1.807, 2.05) is 18.2 Å². The number of benzene rings is 1. The van der Waals surface area contributed by atoms with Crippen LogP contribution in [-0.2, 0) is 0 Å². The highest BCUT2D eigenvalue weighted by molar-refractivity contribution is 5.33. The Bertz CT molecular complexity index is 390. The quantitative estimate of drug-likeness (QED) is 0.511. The molecule has 0 N–H and O–H groups in total. The van der Waals surface area contributed by atoms with Crippen molar-refractivity contribution < 1.29 is 0 Å². The van der Waals surface area contributed by atoms with Crippen LogP contribution in [0.4, 0.5) is 0 Å². The largest absolute Gasteiger partial charge is 0.185 e. The van der Waals surface area contributed by atoms with Crippen LogP contribution in [0.3, 0.4) is 0 Å². The molecular weight excluding hydrogens is 136 g/mol. The summed E-state index contributed by atoms with van der Waals surface area (Å²) in [5.41, 5.74) is 0. The zero-order chi connectivity index (χ0) is 7.52. The van der Waals surface area contributed by atoms with Crippen molar-refractivity contribution in [2.45, 2.75) is 0 Å². The maximum atomic E-state index is 3.90. The lowest BCUT2D eigenvalue weighted by Gasteiger charge is -1.83. The van der Waals surface area contributed by atoms with Crippen LogP contribution >= 0.6 is 0 Å². The summed E-state index contributed by atoms with van der Waals surface area (Å²) in [4.78, 5) is 0. The van der Waals surface area contributed by atoms with Crippen molar-refractivity contribution in [3.05, 3.63) is 34.7 Å². The number of hydrogen-bond acceptors (Lipinski definition) is 2. The van der Waals surface area contributed by atoms with E-state index in [0.717, 1.165) is 5.22 Å². The molecule has 0 amide bonds. The minimum Gasteiger partial charge on any atom is -0.185 e. The van der Waals surface area contributed by atoms with Crippen LogP contribution in [0, 0.1) is 0 Å². The highest BCUT2D eigenvalue weighted by Gasteiger charge is 1.85. The molecule has 0 spiro atoms. The van der Waals surface area contributed by atoms with E-state index < -0.39 is 0 Å². The lowest BCUT2D eigenvalue weighted by Crippen LogP contribution is -2.22. The molecule has 0 fully saturated rings. The summed E-state index contributed by atoms with van der Waals surface area (Å²) in [5.74, 6) is 0. The molecule has 1 aromatic carbocycles. The molecular formula is C9H8N2. The maximum Gasteiger partial charge on any atom is 0.0793 e. The Hall–Kier alpha value is -1.44. The highest BCUT2D eigenvalue weighted by atomic mass is 15.1. The van der Waals surface area contributed by atoms with Gasteiger partial charge in [0.25, 0.3) is 0 Å². The van der Waals surface area contributed by atoms with E-state index in [-0.39, 0.29) is 0 Å². The zero-order valence-electron chi connectivity index (χ0n) is 6.07. The fraction of sp³-hybridized carbons (Fsp3) is 0.111. The molecule has 2 nitrogen and oxygen atoms in total. The molecule has 1 aliphatic rings. The van der Waals surface area contributed by atoms with Crippen LogP contribution in [0.1, 0.15) is 0 Å². The van der Waals surface area contributed by atoms with Crippen molar-refractivity contribution in [1.29, 1.82) is 0 Å². The average molecular weight is 144 g/mol. The van der Waals surface area contributed by atoms with Gasteiger partial charge in [0.05, 0.1) is 12.7 Å². The molecule has 11 heavy (non-hydrogen) atoms. The predicted octanol–water partition coefficient (Wildman–Crippen LogP) is 0.671. The first-order chi connectivity index (χ1) is 5.47. The summed E-state index contributed by atoms with van der Waals surface area (Å²) < 4.78 is 0. The summed E-state index contributed by atoms with van der Waals surface area (Å²) in [6.45, 7) is 0.688. The molecule has 0 radical (unpaired) electrons. The molecule has 1 aromatic rings. The van der Waals surface area contributed by atoms with Crippen molar-refractivity contribution in [3.63, 3.8) is 0 Å². The minimum absolute atomic E-state index is 0.688. The second kappa shape index (κ2) is 2.66. The fourth-order valence-corrected chi connectivity index (χ4v) is 1.10. The number of azo groups is 1. The lowest BCUT2D eigenvalue weighted by molar-refractivity contribution is 1.13. The Morgan fingerprint density at radius 3 is 2.82 bits per heavy atom. The first kappa shape index (κ1) is 6.28. The second-order valence-corrected chi connectivity index (χ2v) is 2.40. The van der Waals surface area contributed by atoms with Gasteiger partial charge in [-0.2, -0.15) is 10.2 Å². The standard InChI is InChI=1S/C9H8N2/c1-2-4-9-7-11-10-6-5-8(9)3-1/h1-5,7H,6H2. The second-order valence-electron chi connectivity index (χ2n) is 2.40. The Kier molecular flexibility index (Phi) is 1.52. The van der Waals surface area contributed by atoms with Gasteiger partial charge in [0.2, 0.25) is 0 Å². The fourth-order valence-electron chi connectivity index (χ4n) is 1.10. The molecule has 0 unspecified atom stereocenters. The first-order valence-corrected chi connectivity index (χ1v) is 3.59. The third-order valence-corrected chi connectivity index (χ3v) is 1.67. The number of nitrogens with zero attached hydrogens (tertiary/aromatic N) is 2. The summed E-state index contributed by atoms with van der Waals surface area (Å²) in [7, 11) is 0. The van der Waals surface area contributed by atoms with Crippen molar-refractivity contribution in [2.75, 3.05) is 6.54 Å². The van der Waals surface area contributed by atoms with Gasteiger partial charge < -0.3 is 0 Å². The molecule has 0 atom stereocenters. The van der Waals surface area contributed by atoms with Crippen LogP contribution in [0.5, 0.6) is 0 Å². The topological polar surface area (TPSA) is 24.7 Å². The van der Waals surface area contributed by atoms with Crippen LogP contribution in [0.2, 0.25) is 0 Å². The van der Waals surface area contributed by atoms with Crippen LogP contribution in [0.15, 0.2) is 34.5 Å². The van der Waals surface area contributed by atoms with E-state index in [9.17, 15) is 0 Å². The van der Waals surface area contributed by atoms with E-state index in [1.165, 1.54) is 5.22 Å². The molecule has 0 aromatic heterocycles. The van der Waals surface area contributed by atoms with Crippen LogP contribution in [-0.4, -0.2) is 6.54 Å². The van der Waals surface area contributed by atoms with Gasteiger partial charge in [-0.3, -0.25) is 0 Å². The molecule has 2 rings (SSSR count). The summed E-state index contributed by atoms with van der Waals surface area (Å²) in [6, 6.07) is 8.14. The lowest BCUT2D eigenvalue weighted by atomic mass is 10.2. The van der Waals surface area contributed by atoms with E-state index in [2.05, 4.69) is 22.4 Å². The zero-order valence-corrected chi connectivity index (χ0v) is 6.07. The number of fused-ring (bicyclic) bond motifs is 1. The third-order valence-electron chi connectivity index (χ3n) is 1.67. The summed E-state index contributed by atoms with van der Waals surface area (Å²) >= 11 is 0. The van der Waals surface area contributed by atoms with Gasteiger partial charge in [0.15, 0.2) is 0 Å². The average Bonchev–Trinajstić information content (AvgIpc) is 2.28. The Morgan fingerprint density at radius 1 is 1.09 bits per heavy atom. The van der Waals surface area contributed by atoms with Crippen LogP contribution in [0.25, 0.3) is 12.3 Å². The maximum absolute atomic E-state index is 3.90. The normalized spacial score (nSPS) is 14.2. The van der Waals surface area contributed by atoms with E-state index >= 15 is 0 Å². The molecule has 2 heteroatoms. The van der Waals surface area contributed by atoms with Gasteiger partial charge >= 0.3 is 0 Å². The van der Waals surface area contributed by atoms with Crippen molar-refractivity contribution in [3.8, 4) is 0 Å². The minimum atomic E-state index is 0.688. The molecule has 54 valence electrons.